The van der Waals surface area contributed by atoms with Crippen LogP contribution in [-0.4, -0.2) is 37.4 Å². The number of para-hydroxylation sites is 1. The molecule has 1 aliphatic heterocycles. The third-order valence-corrected chi connectivity index (χ3v) is 4.64. The summed E-state index contributed by atoms with van der Waals surface area (Å²) in [7, 11) is 1.34. The first-order valence-electron chi connectivity index (χ1n) is 9.23. The molecular weight excluding hydrogens is 393 g/mol. The number of halogens is 1. The van der Waals surface area contributed by atoms with E-state index in [-0.39, 0.29) is 18.7 Å². The van der Waals surface area contributed by atoms with E-state index in [1.54, 1.807) is 36.4 Å². The van der Waals surface area contributed by atoms with Gasteiger partial charge in [-0.25, -0.2) is 9.18 Å². The SMILES string of the molecule is CNC(=O)NC(=O)[C@@H](OC(=O)[C@@H]1CC(=O)N(c2ccccc2F)C1)c1ccccc1. The summed E-state index contributed by atoms with van der Waals surface area (Å²) in [6.45, 7) is -0.0722. The second-order valence-electron chi connectivity index (χ2n) is 6.65. The average Bonchev–Trinajstić information content (AvgIpc) is 3.14. The number of benzene rings is 2. The average molecular weight is 413 g/mol. The van der Waals surface area contributed by atoms with E-state index in [9.17, 15) is 23.6 Å². The van der Waals surface area contributed by atoms with E-state index < -0.39 is 41.7 Å². The number of hydrogen-bond donors (Lipinski definition) is 2. The smallest absolute Gasteiger partial charge is 0.321 e. The highest BCUT2D eigenvalue weighted by Gasteiger charge is 2.39. The van der Waals surface area contributed by atoms with Gasteiger partial charge in [0.25, 0.3) is 5.91 Å². The lowest BCUT2D eigenvalue weighted by molar-refractivity contribution is -0.159. The predicted octanol–water partition coefficient (Wildman–Crippen LogP) is 1.92. The van der Waals surface area contributed by atoms with Gasteiger partial charge in [0.2, 0.25) is 12.0 Å². The number of nitrogens with zero attached hydrogens (tertiary/aromatic N) is 1. The van der Waals surface area contributed by atoms with E-state index in [4.69, 9.17) is 4.74 Å². The van der Waals surface area contributed by atoms with E-state index in [2.05, 4.69) is 10.6 Å². The molecule has 30 heavy (non-hydrogen) atoms. The molecule has 9 heteroatoms. The number of anilines is 1. The lowest BCUT2D eigenvalue weighted by Crippen LogP contribution is -2.41. The Balaban J connectivity index is 1.76. The zero-order valence-corrected chi connectivity index (χ0v) is 16.1. The first-order valence-corrected chi connectivity index (χ1v) is 9.23. The second-order valence-corrected chi connectivity index (χ2v) is 6.65. The van der Waals surface area contributed by atoms with Crippen molar-refractivity contribution in [3.05, 3.63) is 66.0 Å². The molecule has 0 unspecified atom stereocenters. The molecule has 1 aliphatic rings. The van der Waals surface area contributed by atoms with Gasteiger partial charge < -0.3 is 15.0 Å². The molecule has 1 saturated heterocycles. The van der Waals surface area contributed by atoms with Crippen LogP contribution in [0.1, 0.15) is 18.1 Å². The maximum Gasteiger partial charge on any atom is 0.321 e. The van der Waals surface area contributed by atoms with Crippen LogP contribution in [0.2, 0.25) is 0 Å². The van der Waals surface area contributed by atoms with Gasteiger partial charge in [-0.3, -0.25) is 19.7 Å². The van der Waals surface area contributed by atoms with Crippen molar-refractivity contribution in [3.63, 3.8) is 0 Å². The molecule has 1 heterocycles. The van der Waals surface area contributed by atoms with Gasteiger partial charge in [0.05, 0.1) is 11.6 Å². The van der Waals surface area contributed by atoms with Crippen molar-refractivity contribution in [2.24, 2.45) is 5.92 Å². The Hall–Kier alpha value is -3.75. The van der Waals surface area contributed by atoms with Gasteiger partial charge >= 0.3 is 12.0 Å². The van der Waals surface area contributed by atoms with E-state index in [1.807, 2.05) is 0 Å². The fraction of sp³-hybridized carbons (Fsp3) is 0.238. The Labute approximate surface area is 172 Å². The lowest BCUT2D eigenvalue weighted by atomic mass is 10.1. The summed E-state index contributed by atoms with van der Waals surface area (Å²) in [4.78, 5) is 50.2. The second kappa shape index (κ2) is 9.17. The molecule has 0 aliphatic carbocycles. The minimum Gasteiger partial charge on any atom is -0.447 e. The first-order chi connectivity index (χ1) is 14.4. The van der Waals surface area contributed by atoms with Crippen molar-refractivity contribution >= 4 is 29.5 Å². The summed E-state index contributed by atoms with van der Waals surface area (Å²) in [6, 6.07) is 13.2. The van der Waals surface area contributed by atoms with Crippen LogP contribution in [0, 0.1) is 11.7 Å². The molecule has 0 saturated carbocycles. The number of hydrogen-bond acceptors (Lipinski definition) is 5. The predicted molar refractivity (Wildman–Crippen MR) is 105 cm³/mol. The Morgan fingerprint density at radius 1 is 1.10 bits per heavy atom. The molecular formula is C21H20FN3O5. The number of imide groups is 1. The molecule has 2 aromatic rings. The molecule has 0 bridgehead atoms. The molecule has 0 radical (unpaired) electrons. The van der Waals surface area contributed by atoms with Gasteiger partial charge in [-0.15, -0.1) is 0 Å². The van der Waals surface area contributed by atoms with Gasteiger partial charge in [0, 0.05) is 25.6 Å². The van der Waals surface area contributed by atoms with E-state index >= 15 is 0 Å². The van der Waals surface area contributed by atoms with E-state index in [1.165, 1.54) is 30.1 Å². The third kappa shape index (κ3) is 4.62. The minimum atomic E-state index is -1.38. The summed E-state index contributed by atoms with van der Waals surface area (Å²) < 4.78 is 19.4. The normalized spacial score (nSPS) is 16.7. The monoisotopic (exact) mass is 413 g/mol. The van der Waals surface area contributed by atoms with Crippen LogP contribution in [0.5, 0.6) is 0 Å². The Kier molecular flexibility index (Phi) is 6.41. The van der Waals surface area contributed by atoms with Crippen molar-refractivity contribution in [2.75, 3.05) is 18.5 Å². The maximum absolute atomic E-state index is 14.0. The first kappa shape index (κ1) is 21.0. The minimum absolute atomic E-state index is 0.0722. The Bertz CT molecular complexity index is 966. The van der Waals surface area contributed by atoms with Crippen molar-refractivity contribution in [1.82, 2.24) is 10.6 Å². The Morgan fingerprint density at radius 2 is 1.77 bits per heavy atom. The number of esters is 1. The highest BCUT2D eigenvalue weighted by molar-refractivity contribution is 6.01. The van der Waals surface area contributed by atoms with Crippen LogP contribution >= 0.6 is 0 Å². The molecule has 3 rings (SSSR count). The number of carbonyl (C=O) groups excluding carboxylic acids is 4. The van der Waals surface area contributed by atoms with Crippen LogP contribution < -0.4 is 15.5 Å². The number of urea groups is 1. The molecule has 1 fully saturated rings. The number of rotatable bonds is 5. The van der Waals surface area contributed by atoms with Crippen LogP contribution in [0.25, 0.3) is 0 Å². The highest BCUT2D eigenvalue weighted by atomic mass is 19.1. The van der Waals surface area contributed by atoms with Crippen molar-refractivity contribution in [3.8, 4) is 0 Å². The van der Waals surface area contributed by atoms with Crippen LogP contribution in [0.4, 0.5) is 14.9 Å². The van der Waals surface area contributed by atoms with Gasteiger partial charge in [-0.05, 0) is 12.1 Å². The molecule has 2 N–H and O–H groups in total. The van der Waals surface area contributed by atoms with Crippen LogP contribution in [0.3, 0.4) is 0 Å². The fourth-order valence-electron chi connectivity index (χ4n) is 3.12. The van der Waals surface area contributed by atoms with Gasteiger partial charge in [0.15, 0.2) is 0 Å². The van der Waals surface area contributed by atoms with Gasteiger partial charge in [-0.1, -0.05) is 42.5 Å². The molecule has 2 atom stereocenters. The van der Waals surface area contributed by atoms with E-state index in [0.29, 0.717) is 5.56 Å². The summed E-state index contributed by atoms with van der Waals surface area (Å²) in [5.41, 5.74) is 0.442. The fourth-order valence-corrected chi connectivity index (χ4v) is 3.12. The quantitative estimate of drug-likeness (QED) is 0.729. The topological polar surface area (TPSA) is 105 Å². The standard InChI is InChI=1S/C21H20FN3O5/c1-23-21(29)24-19(27)18(13-7-3-2-4-8-13)30-20(28)14-11-17(26)25(12-14)16-10-6-5-9-15(16)22/h2-10,14,18H,11-12H2,1H3,(H2,23,24,27,29)/t14-,18+/m1/s1. The number of nitrogens with one attached hydrogen (secondary N) is 2. The van der Waals surface area contributed by atoms with Gasteiger partial charge in [0.1, 0.15) is 5.82 Å². The highest BCUT2D eigenvalue weighted by Crippen LogP contribution is 2.29. The summed E-state index contributed by atoms with van der Waals surface area (Å²) >= 11 is 0. The molecule has 0 aromatic heterocycles. The molecule has 8 nitrogen and oxygen atoms in total. The summed E-state index contributed by atoms with van der Waals surface area (Å²) in [6.07, 6.45) is -1.56. The molecule has 4 amide bonds. The number of ether oxygens (including phenoxy) is 1. The summed E-state index contributed by atoms with van der Waals surface area (Å²) in [5, 5.41) is 4.33. The molecule has 156 valence electrons. The zero-order valence-electron chi connectivity index (χ0n) is 16.1. The number of carbonyl (C=O) groups is 4. The third-order valence-electron chi connectivity index (χ3n) is 4.64. The maximum atomic E-state index is 14.0. The molecule has 2 aromatic carbocycles. The Morgan fingerprint density at radius 3 is 2.43 bits per heavy atom. The largest absolute Gasteiger partial charge is 0.447 e. The van der Waals surface area contributed by atoms with Gasteiger partial charge in [-0.2, -0.15) is 0 Å². The van der Waals surface area contributed by atoms with Crippen molar-refractivity contribution < 1.29 is 28.3 Å². The van der Waals surface area contributed by atoms with Crippen molar-refractivity contribution in [2.45, 2.75) is 12.5 Å². The van der Waals surface area contributed by atoms with Crippen LogP contribution in [-0.2, 0) is 19.1 Å². The van der Waals surface area contributed by atoms with Crippen molar-refractivity contribution in [1.29, 1.82) is 0 Å². The lowest BCUT2D eigenvalue weighted by Gasteiger charge is -2.20. The number of amides is 4. The zero-order chi connectivity index (χ0) is 21.7. The molecule has 0 spiro atoms. The van der Waals surface area contributed by atoms with Crippen LogP contribution in [0.15, 0.2) is 54.6 Å². The summed E-state index contributed by atoms with van der Waals surface area (Å²) in [5.74, 6) is -3.50. The van der Waals surface area contributed by atoms with E-state index in [0.717, 1.165) is 0 Å².